The molecule has 0 aromatic carbocycles. The molecule has 4 nitrogen and oxygen atoms in total. The van der Waals surface area contributed by atoms with Crippen LogP contribution in [-0.4, -0.2) is 16.9 Å². The number of nitrogens with one attached hydrogen (secondary N) is 1. The molecule has 0 aliphatic rings. The Morgan fingerprint density at radius 1 is 1.53 bits per heavy atom. The van der Waals surface area contributed by atoms with E-state index < -0.39 is 11.6 Å². The van der Waals surface area contributed by atoms with Crippen molar-refractivity contribution in [2.75, 3.05) is 0 Å². The maximum Gasteiger partial charge on any atom is 0.237 e. The minimum absolute atomic E-state index is 0. The number of nitrogens with zero attached hydrogens (tertiary/aromatic N) is 1. The Balaban J connectivity index is 0. The molecule has 0 saturated heterocycles. The number of carbonyl (C=O) groups excluding carboxylic acids is 1. The second kappa shape index (κ2) is 8.74. The molecule has 112 valence electrons. The Morgan fingerprint density at radius 3 is 2.53 bits per heavy atom. The van der Waals surface area contributed by atoms with Crippen molar-refractivity contribution in [2.24, 2.45) is 5.73 Å². The fraction of sp³-hybridized carbons (Fsp3) is 0.667. The minimum atomic E-state index is -0.457. The summed E-state index contributed by atoms with van der Waals surface area (Å²) in [7, 11) is 0. The monoisotopic (exact) mass is 327 g/mol. The van der Waals surface area contributed by atoms with E-state index in [9.17, 15) is 4.79 Å². The Bertz CT molecular complexity index is 396. The molecular formula is C12H23Cl2N3OS. The van der Waals surface area contributed by atoms with Crippen LogP contribution in [0.2, 0.25) is 0 Å². The summed E-state index contributed by atoms with van der Waals surface area (Å²) in [5, 5.41) is 5.85. The number of nitrogens with two attached hydrogens (primary N) is 1. The van der Waals surface area contributed by atoms with E-state index in [0.29, 0.717) is 6.42 Å². The van der Waals surface area contributed by atoms with E-state index in [4.69, 9.17) is 5.73 Å². The molecule has 1 atom stereocenters. The summed E-state index contributed by atoms with van der Waals surface area (Å²) in [6.45, 7) is 7.85. The van der Waals surface area contributed by atoms with Crippen LogP contribution >= 0.6 is 36.2 Å². The maximum atomic E-state index is 11.9. The summed E-state index contributed by atoms with van der Waals surface area (Å²) in [6, 6.07) is -0.430. The summed E-state index contributed by atoms with van der Waals surface area (Å²) < 4.78 is 0. The van der Waals surface area contributed by atoms with Gasteiger partial charge in [0, 0.05) is 11.1 Å². The van der Waals surface area contributed by atoms with Crippen LogP contribution < -0.4 is 11.1 Å². The number of aromatic nitrogens is 1. The summed E-state index contributed by atoms with van der Waals surface area (Å²) in [4.78, 5) is 16.3. The van der Waals surface area contributed by atoms with Gasteiger partial charge in [0.2, 0.25) is 5.91 Å². The Kier molecular flexibility index (Phi) is 9.64. The van der Waals surface area contributed by atoms with Crippen molar-refractivity contribution >= 4 is 42.1 Å². The van der Waals surface area contributed by atoms with Gasteiger partial charge in [0.25, 0.3) is 0 Å². The molecule has 1 aromatic heterocycles. The van der Waals surface area contributed by atoms with Crippen LogP contribution in [0, 0.1) is 6.92 Å². The lowest BCUT2D eigenvalue weighted by molar-refractivity contribution is -0.124. The number of halogens is 2. The molecule has 0 aliphatic heterocycles. The molecule has 7 heteroatoms. The largest absolute Gasteiger partial charge is 0.343 e. The zero-order valence-electron chi connectivity index (χ0n) is 11.7. The van der Waals surface area contributed by atoms with E-state index in [-0.39, 0.29) is 30.7 Å². The van der Waals surface area contributed by atoms with E-state index in [1.165, 1.54) is 0 Å². The molecule has 0 spiro atoms. The van der Waals surface area contributed by atoms with Crippen molar-refractivity contribution in [1.82, 2.24) is 10.3 Å². The van der Waals surface area contributed by atoms with Gasteiger partial charge in [-0.25, -0.2) is 4.98 Å². The quantitative estimate of drug-likeness (QED) is 0.873. The first-order valence-electron chi connectivity index (χ1n) is 5.87. The predicted octanol–water partition coefficient (Wildman–Crippen LogP) is 2.77. The lowest BCUT2D eigenvalue weighted by Crippen LogP contribution is -2.48. The van der Waals surface area contributed by atoms with Crippen molar-refractivity contribution in [3.8, 4) is 0 Å². The zero-order chi connectivity index (χ0) is 13.1. The number of aryl methyl sites for hydroxylation is 1. The number of carbonyl (C=O) groups is 1. The van der Waals surface area contributed by atoms with Gasteiger partial charge in [-0.05, 0) is 27.2 Å². The van der Waals surface area contributed by atoms with Gasteiger partial charge in [0.15, 0.2) is 0 Å². The molecular weight excluding hydrogens is 305 g/mol. The van der Waals surface area contributed by atoms with E-state index in [0.717, 1.165) is 17.1 Å². The molecule has 0 radical (unpaired) electrons. The normalized spacial score (nSPS) is 12.1. The highest BCUT2D eigenvalue weighted by molar-refractivity contribution is 7.09. The average molecular weight is 328 g/mol. The van der Waals surface area contributed by atoms with Crippen LogP contribution in [0.5, 0.6) is 0 Å². The number of thiazole rings is 1. The third kappa shape index (κ3) is 6.08. The molecule has 3 N–H and O–H groups in total. The first kappa shape index (κ1) is 20.9. The standard InChI is InChI=1S/C12H21N3OS.2ClH/c1-5-6-9(13)10(16)15-12(3,4)11-14-8(2)7-17-11;;/h7,9H,5-6,13H2,1-4H3,(H,15,16);2*1H. The van der Waals surface area contributed by atoms with Crippen LogP contribution in [0.15, 0.2) is 5.38 Å². The minimum Gasteiger partial charge on any atom is -0.343 e. The molecule has 1 aromatic rings. The smallest absolute Gasteiger partial charge is 0.237 e. The second-order valence-electron chi connectivity index (χ2n) is 4.80. The summed E-state index contributed by atoms with van der Waals surface area (Å²) in [5.41, 5.74) is 6.31. The average Bonchev–Trinajstić information content (AvgIpc) is 2.65. The molecule has 0 saturated carbocycles. The van der Waals surface area contributed by atoms with E-state index >= 15 is 0 Å². The molecule has 1 heterocycles. The fourth-order valence-corrected chi connectivity index (χ4v) is 2.41. The van der Waals surface area contributed by atoms with Crippen LogP contribution in [0.25, 0.3) is 0 Å². The van der Waals surface area contributed by atoms with Gasteiger partial charge in [-0.3, -0.25) is 4.79 Å². The van der Waals surface area contributed by atoms with Crippen molar-refractivity contribution in [3.63, 3.8) is 0 Å². The Hall–Kier alpha value is -0.360. The van der Waals surface area contributed by atoms with Crippen LogP contribution in [-0.2, 0) is 10.3 Å². The van der Waals surface area contributed by atoms with Crippen molar-refractivity contribution in [3.05, 3.63) is 16.1 Å². The molecule has 0 bridgehead atoms. The van der Waals surface area contributed by atoms with E-state index in [1.54, 1.807) is 11.3 Å². The van der Waals surface area contributed by atoms with E-state index in [2.05, 4.69) is 10.3 Å². The number of amides is 1. The van der Waals surface area contributed by atoms with Crippen molar-refractivity contribution < 1.29 is 4.79 Å². The SMILES string of the molecule is CCCC(N)C(=O)NC(C)(C)c1nc(C)cs1.Cl.Cl. The highest BCUT2D eigenvalue weighted by atomic mass is 35.5. The van der Waals surface area contributed by atoms with Crippen LogP contribution in [0.1, 0.15) is 44.3 Å². The lowest BCUT2D eigenvalue weighted by Gasteiger charge is -2.25. The van der Waals surface area contributed by atoms with Gasteiger partial charge < -0.3 is 11.1 Å². The fourth-order valence-electron chi connectivity index (χ4n) is 1.54. The molecule has 1 amide bonds. The van der Waals surface area contributed by atoms with Crippen molar-refractivity contribution in [1.29, 1.82) is 0 Å². The number of rotatable bonds is 5. The first-order chi connectivity index (χ1) is 7.86. The third-order valence-electron chi connectivity index (χ3n) is 2.53. The third-order valence-corrected chi connectivity index (χ3v) is 3.81. The first-order valence-corrected chi connectivity index (χ1v) is 6.75. The summed E-state index contributed by atoms with van der Waals surface area (Å²) >= 11 is 1.56. The molecule has 1 rings (SSSR count). The summed E-state index contributed by atoms with van der Waals surface area (Å²) in [5.74, 6) is -0.107. The second-order valence-corrected chi connectivity index (χ2v) is 5.66. The Labute approximate surface area is 131 Å². The number of hydrogen-bond donors (Lipinski definition) is 2. The predicted molar refractivity (Wildman–Crippen MR) is 85.4 cm³/mol. The van der Waals surface area contributed by atoms with Gasteiger partial charge in [-0.1, -0.05) is 13.3 Å². The molecule has 1 unspecified atom stereocenters. The topological polar surface area (TPSA) is 68.0 Å². The molecule has 19 heavy (non-hydrogen) atoms. The molecule has 0 aliphatic carbocycles. The number of hydrogen-bond acceptors (Lipinski definition) is 4. The maximum absolute atomic E-state index is 11.9. The highest BCUT2D eigenvalue weighted by Crippen LogP contribution is 2.23. The van der Waals surface area contributed by atoms with Crippen LogP contribution in [0.3, 0.4) is 0 Å². The van der Waals surface area contributed by atoms with Gasteiger partial charge in [-0.15, -0.1) is 36.2 Å². The van der Waals surface area contributed by atoms with Crippen molar-refractivity contribution in [2.45, 2.75) is 52.1 Å². The summed E-state index contributed by atoms with van der Waals surface area (Å²) in [6.07, 6.45) is 1.62. The van der Waals surface area contributed by atoms with Gasteiger partial charge in [-0.2, -0.15) is 0 Å². The van der Waals surface area contributed by atoms with Gasteiger partial charge in [0.05, 0.1) is 11.6 Å². The lowest BCUT2D eigenvalue weighted by atomic mass is 10.0. The van der Waals surface area contributed by atoms with Gasteiger partial charge in [0.1, 0.15) is 5.01 Å². The van der Waals surface area contributed by atoms with Gasteiger partial charge >= 0.3 is 0 Å². The zero-order valence-corrected chi connectivity index (χ0v) is 14.2. The van der Waals surface area contributed by atoms with Crippen LogP contribution in [0.4, 0.5) is 0 Å². The molecule has 0 fully saturated rings. The Morgan fingerprint density at radius 2 is 2.11 bits per heavy atom. The highest BCUT2D eigenvalue weighted by Gasteiger charge is 2.27. The van der Waals surface area contributed by atoms with E-state index in [1.807, 2.05) is 33.1 Å².